The molecule has 1 amide bonds. The predicted molar refractivity (Wildman–Crippen MR) is 109 cm³/mol. The third-order valence-electron chi connectivity index (χ3n) is 5.26. The largest absolute Gasteiger partial charge is 0.484 e. The second-order valence-corrected chi connectivity index (χ2v) is 9.23. The molecular formula is C20H31N3O5S. The first-order valence-electron chi connectivity index (χ1n) is 10.3. The number of carbonyl (C=O) groups is 1. The lowest BCUT2D eigenvalue weighted by atomic mass is 10.3. The highest BCUT2D eigenvalue weighted by atomic mass is 32.2. The Morgan fingerprint density at radius 2 is 1.83 bits per heavy atom. The van der Waals surface area contributed by atoms with Gasteiger partial charge in [-0.2, -0.15) is 0 Å². The number of hydrogen-bond donors (Lipinski definition) is 2. The molecule has 0 unspecified atom stereocenters. The number of nitrogens with one attached hydrogen (secondary N) is 2. The number of morpholine rings is 1. The standard InChI is InChI=1S/C20H31N3O5S/c24-20(21-10-3-11-23-12-14-27-15-13-23)16-28-18-6-8-19(9-7-18)29(25,26)22-17-4-1-2-5-17/h6-9,17,22H,1-5,10-16H2,(H,21,24). The van der Waals surface area contributed by atoms with Gasteiger partial charge in [0.25, 0.3) is 5.91 Å². The zero-order chi connectivity index (χ0) is 20.5. The van der Waals surface area contributed by atoms with Crippen LogP contribution in [0.15, 0.2) is 29.2 Å². The van der Waals surface area contributed by atoms with Gasteiger partial charge in [0.05, 0.1) is 18.1 Å². The van der Waals surface area contributed by atoms with Crippen molar-refractivity contribution in [1.82, 2.24) is 14.9 Å². The van der Waals surface area contributed by atoms with Crippen molar-refractivity contribution in [2.75, 3.05) is 46.0 Å². The van der Waals surface area contributed by atoms with Gasteiger partial charge in [-0.15, -0.1) is 0 Å². The lowest BCUT2D eigenvalue weighted by molar-refractivity contribution is -0.123. The fourth-order valence-electron chi connectivity index (χ4n) is 3.60. The molecule has 1 heterocycles. The molecular weight excluding hydrogens is 394 g/mol. The first-order chi connectivity index (χ1) is 14.0. The summed E-state index contributed by atoms with van der Waals surface area (Å²) in [4.78, 5) is 14.4. The number of rotatable bonds is 10. The summed E-state index contributed by atoms with van der Waals surface area (Å²) in [6.45, 7) is 4.88. The van der Waals surface area contributed by atoms with Gasteiger partial charge < -0.3 is 14.8 Å². The highest BCUT2D eigenvalue weighted by Crippen LogP contribution is 2.21. The molecule has 0 spiro atoms. The summed E-state index contributed by atoms with van der Waals surface area (Å²) in [6.07, 6.45) is 4.79. The summed E-state index contributed by atoms with van der Waals surface area (Å²) in [7, 11) is -3.51. The van der Waals surface area contributed by atoms with Gasteiger partial charge in [0.1, 0.15) is 5.75 Å². The number of ether oxygens (including phenoxy) is 2. The first-order valence-corrected chi connectivity index (χ1v) is 11.8. The topological polar surface area (TPSA) is 97.0 Å². The number of nitrogens with zero attached hydrogens (tertiary/aromatic N) is 1. The minimum absolute atomic E-state index is 0.0304. The summed E-state index contributed by atoms with van der Waals surface area (Å²) in [5.41, 5.74) is 0. The van der Waals surface area contributed by atoms with Crippen LogP contribution < -0.4 is 14.8 Å². The molecule has 8 nitrogen and oxygen atoms in total. The molecule has 1 saturated heterocycles. The molecule has 162 valence electrons. The monoisotopic (exact) mass is 425 g/mol. The van der Waals surface area contributed by atoms with Crippen LogP contribution in [0.25, 0.3) is 0 Å². The Morgan fingerprint density at radius 1 is 1.14 bits per heavy atom. The van der Waals surface area contributed by atoms with Crippen LogP contribution in [0.1, 0.15) is 32.1 Å². The van der Waals surface area contributed by atoms with Crippen molar-refractivity contribution in [3.05, 3.63) is 24.3 Å². The van der Waals surface area contributed by atoms with Crippen LogP contribution in [-0.4, -0.2) is 71.3 Å². The Morgan fingerprint density at radius 3 is 2.52 bits per heavy atom. The second-order valence-electron chi connectivity index (χ2n) is 7.52. The highest BCUT2D eigenvalue weighted by molar-refractivity contribution is 7.89. The van der Waals surface area contributed by atoms with E-state index in [1.54, 1.807) is 12.1 Å². The van der Waals surface area contributed by atoms with Gasteiger partial charge in [-0.25, -0.2) is 13.1 Å². The summed E-state index contributed by atoms with van der Waals surface area (Å²) in [5, 5.41) is 2.84. The SMILES string of the molecule is O=C(COc1ccc(S(=O)(=O)NC2CCCC2)cc1)NCCCN1CCOCC1. The van der Waals surface area contributed by atoms with Crippen molar-refractivity contribution < 1.29 is 22.7 Å². The smallest absolute Gasteiger partial charge is 0.257 e. The van der Waals surface area contributed by atoms with Crippen molar-refractivity contribution >= 4 is 15.9 Å². The van der Waals surface area contributed by atoms with Gasteiger partial charge in [-0.05, 0) is 50.1 Å². The highest BCUT2D eigenvalue weighted by Gasteiger charge is 2.22. The van der Waals surface area contributed by atoms with E-state index in [4.69, 9.17) is 9.47 Å². The second kappa shape index (κ2) is 10.9. The van der Waals surface area contributed by atoms with Crippen LogP contribution in [0.4, 0.5) is 0 Å². The number of sulfonamides is 1. The van der Waals surface area contributed by atoms with E-state index in [2.05, 4.69) is 14.9 Å². The van der Waals surface area contributed by atoms with E-state index in [0.717, 1.165) is 65.0 Å². The average Bonchev–Trinajstić information content (AvgIpc) is 3.23. The van der Waals surface area contributed by atoms with Gasteiger partial charge in [-0.3, -0.25) is 9.69 Å². The number of amides is 1. The molecule has 0 aromatic heterocycles. The maximum absolute atomic E-state index is 12.4. The lowest BCUT2D eigenvalue weighted by Crippen LogP contribution is -2.38. The molecule has 1 aromatic carbocycles. The molecule has 3 rings (SSSR count). The van der Waals surface area contributed by atoms with Gasteiger partial charge in [-0.1, -0.05) is 12.8 Å². The number of benzene rings is 1. The fourth-order valence-corrected chi connectivity index (χ4v) is 4.91. The van der Waals surface area contributed by atoms with Crippen molar-refractivity contribution in [2.45, 2.75) is 43.0 Å². The summed E-state index contributed by atoms with van der Waals surface area (Å²) >= 11 is 0. The maximum Gasteiger partial charge on any atom is 0.257 e. The molecule has 29 heavy (non-hydrogen) atoms. The van der Waals surface area contributed by atoms with Crippen LogP contribution in [0.5, 0.6) is 5.75 Å². The predicted octanol–water partition coefficient (Wildman–Crippen LogP) is 1.12. The van der Waals surface area contributed by atoms with E-state index in [9.17, 15) is 13.2 Å². The van der Waals surface area contributed by atoms with E-state index < -0.39 is 10.0 Å². The molecule has 1 aliphatic heterocycles. The third kappa shape index (κ3) is 7.26. The molecule has 2 N–H and O–H groups in total. The molecule has 9 heteroatoms. The van der Waals surface area contributed by atoms with E-state index in [1.807, 2.05) is 0 Å². The lowest BCUT2D eigenvalue weighted by Gasteiger charge is -2.26. The Hall–Kier alpha value is -1.68. The summed E-state index contributed by atoms with van der Waals surface area (Å²) in [5.74, 6) is 0.278. The fraction of sp³-hybridized carbons (Fsp3) is 0.650. The van der Waals surface area contributed by atoms with Gasteiger partial charge in [0.15, 0.2) is 6.61 Å². The molecule has 2 aliphatic rings. The Kier molecular flexibility index (Phi) is 8.29. The molecule has 0 radical (unpaired) electrons. The molecule has 2 fully saturated rings. The quantitative estimate of drug-likeness (QED) is 0.546. The molecule has 1 saturated carbocycles. The molecule has 1 aromatic rings. The Labute approximate surface area is 173 Å². The molecule has 1 aliphatic carbocycles. The minimum atomic E-state index is -3.51. The third-order valence-corrected chi connectivity index (χ3v) is 6.79. The van der Waals surface area contributed by atoms with E-state index in [-0.39, 0.29) is 23.5 Å². The molecule has 0 bridgehead atoms. The van der Waals surface area contributed by atoms with Crippen LogP contribution in [0.2, 0.25) is 0 Å². The van der Waals surface area contributed by atoms with Crippen molar-refractivity contribution in [1.29, 1.82) is 0 Å². The zero-order valence-electron chi connectivity index (χ0n) is 16.8. The number of carbonyl (C=O) groups excluding carboxylic acids is 1. The zero-order valence-corrected chi connectivity index (χ0v) is 17.6. The summed E-state index contributed by atoms with van der Waals surface area (Å²) in [6, 6.07) is 6.20. The molecule has 0 atom stereocenters. The Bertz CT molecular complexity index is 742. The summed E-state index contributed by atoms with van der Waals surface area (Å²) < 4.78 is 38.3. The van der Waals surface area contributed by atoms with Crippen molar-refractivity contribution in [3.8, 4) is 5.75 Å². The van der Waals surface area contributed by atoms with E-state index in [1.165, 1.54) is 12.1 Å². The number of hydrogen-bond acceptors (Lipinski definition) is 6. The first kappa shape index (κ1) is 22.0. The van der Waals surface area contributed by atoms with Gasteiger partial charge in [0.2, 0.25) is 10.0 Å². The van der Waals surface area contributed by atoms with Crippen LogP contribution >= 0.6 is 0 Å². The normalized spacial score (nSPS) is 18.6. The van der Waals surface area contributed by atoms with Crippen LogP contribution in [-0.2, 0) is 19.6 Å². The van der Waals surface area contributed by atoms with Gasteiger partial charge >= 0.3 is 0 Å². The van der Waals surface area contributed by atoms with E-state index >= 15 is 0 Å². The van der Waals surface area contributed by atoms with Crippen molar-refractivity contribution in [3.63, 3.8) is 0 Å². The van der Waals surface area contributed by atoms with Crippen molar-refractivity contribution in [2.24, 2.45) is 0 Å². The van der Waals surface area contributed by atoms with Crippen LogP contribution in [0, 0.1) is 0 Å². The van der Waals surface area contributed by atoms with Crippen LogP contribution in [0.3, 0.4) is 0 Å². The maximum atomic E-state index is 12.4. The van der Waals surface area contributed by atoms with E-state index in [0.29, 0.717) is 12.3 Å². The minimum Gasteiger partial charge on any atom is -0.484 e. The average molecular weight is 426 g/mol. The Balaban J connectivity index is 1.35. The van der Waals surface area contributed by atoms with Gasteiger partial charge in [0, 0.05) is 25.7 Å².